The maximum Gasteiger partial charge on any atom is 0.118 e. The van der Waals surface area contributed by atoms with Crippen molar-refractivity contribution in [1.29, 1.82) is 0 Å². The zero-order valence-electron chi connectivity index (χ0n) is 22.3. The summed E-state index contributed by atoms with van der Waals surface area (Å²) in [6.07, 6.45) is 7.38. The first-order valence-electron chi connectivity index (χ1n) is 13.4. The van der Waals surface area contributed by atoms with Crippen molar-refractivity contribution in [3.63, 3.8) is 0 Å². The highest BCUT2D eigenvalue weighted by atomic mass is 32.2. The predicted molar refractivity (Wildman–Crippen MR) is 170 cm³/mol. The number of benzene rings is 4. The Morgan fingerprint density at radius 2 is 0.585 bits per heavy atom. The van der Waals surface area contributed by atoms with Crippen LogP contribution in [0.5, 0.6) is 0 Å². The third kappa shape index (κ3) is 5.32. The SMILES string of the molecule is c1ccc(C(SOSC(c2ccccc2)(c2ccccc2)c2ccncc2)(c2ccccc2)c2ccncc2)cc1. The van der Waals surface area contributed by atoms with Crippen LogP contribution in [0.2, 0.25) is 0 Å². The lowest BCUT2D eigenvalue weighted by Gasteiger charge is -2.37. The Labute approximate surface area is 250 Å². The van der Waals surface area contributed by atoms with Crippen LogP contribution in [0, 0.1) is 0 Å². The van der Waals surface area contributed by atoms with E-state index < -0.39 is 9.49 Å². The standard InChI is InChI=1S/C36H28N2OS2/c1-5-13-29(14-6-1)35(30-15-7-2-8-16-30,33-21-25-37-26-22-33)40-39-41-36(31-17-9-3-10-18-31,32-19-11-4-12-20-32)34-23-27-38-28-24-34/h1-28H. The van der Waals surface area contributed by atoms with Crippen molar-refractivity contribution in [3.8, 4) is 0 Å². The van der Waals surface area contributed by atoms with Crippen LogP contribution in [-0.2, 0) is 13.1 Å². The van der Waals surface area contributed by atoms with E-state index in [9.17, 15) is 0 Å². The minimum atomic E-state index is -0.643. The lowest BCUT2D eigenvalue weighted by Crippen LogP contribution is -2.28. The summed E-state index contributed by atoms with van der Waals surface area (Å²) in [5.41, 5.74) is 6.66. The predicted octanol–water partition coefficient (Wildman–Crippen LogP) is 9.07. The lowest BCUT2D eigenvalue weighted by atomic mass is 9.84. The van der Waals surface area contributed by atoms with Gasteiger partial charge in [-0.3, -0.25) is 9.97 Å². The van der Waals surface area contributed by atoms with Gasteiger partial charge >= 0.3 is 0 Å². The Bertz CT molecular complexity index is 1320. The fourth-order valence-electron chi connectivity index (χ4n) is 5.27. The van der Waals surface area contributed by atoms with E-state index in [4.69, 9.17) is 3.63 Å². The molecular formula is C36H28N2OS2. The molecule has 0 unspecified atom stereocenters. The highest BCUT2D eigenvalue weighted by Crippen LogP contribution is 2.55. The van der Waals surface area contributed by atoms with Gasteiger partial charge in [-0.25, -0.2) is 3.63 Å². The van der Waals surface area contributed by atoms with E-state index in [0.717, 1.165) is 33.4 Å². The molecule has 0 saturated heterocycles. The average molecular weight is 569 g/mol. The molecule has 200 valence electrons. The van der Waals surface area contributed by atoms with E-state index in [2.05, 4.69) is 131 Å². The van der Waals surface area contributed by atoms with Crippen molar-refractivity contribution in [2.75, 3.05) is 0 Å². The van der Waals surface area contributed by atoms with Gasteiger partial charge in [0.25, 0.3) is 0 Å². The van der Waals surface area contributed by atoms with Crippen LogP contribution < -0.4 is 0 Å². The Kier molecular flexibility index (Phi) is 8.28. The molecule has 3 nitrogen and oxygen atoms in total. The molecule has 6 rings (SSSR count). The van der Waals surface area contributed by atoms with Crippen LogP contribution >= 0.6 is 24.1 Å². The second kappa shape index (κ2) is 12.6. The van der Waals surface area contributed by atoms with Crippen LogP contribution in [0.25, 0.3) is 0 Å². The molecule has 4 aromatic carbocycles. The monoisotopic (exact) mass is 568 g/mol. The second-order valence-corrected chi connectivity index (χ2v) is 11.6. The second-order valence-electron chi connectivity index (χ2n) is 9.53. The summed E-state index contributed by atoms with van der Waals surface area (Å²) in [6.45, 7) is 0. The number of rotatable bonds is 10. The summed E-state index contributed by atoms with van der Waals surface area (Å²) in [6, 6.07) is 50.5. The topological polar surface area (TPSA) is 35.0 Å². The van der Waals surface area contributed by atoms with E-state index in [1.165, 1.54) is 24.1 Å². The summed E-state index contributed by atoms with van der Waals surface area (Å²) in [5.74, 6) is 0. The molecule has 5 heteroatoms. The van der Waals surface area contributed by atoms with Crippen LogP contribution in [0.1, 0.15) is 33.4 Å². The number of hydrogen-bond acceptors (Lipinski definition) is 5. The van der Waals surface area contributed by atoms with Crippen molar-refractivity contribution < 1.29 is 3.63 Å². The van der Waals surface area contributed by atoms with Crippen molar-refractivity contribution in [1.82, 2.24) is 9.97 Å². The maximum atomic E-state index is 6.88. The molecule has 0 N–H and O–H groups in total. The number of nitrogens with zero attached hydrogens (tertiary/aromatic N) is 2. The molecule has 0 aliphatic heterocycles. The van der Waals surface area contributed by atoms with Gasteiger partial charge < -0.3 is 0 Å². The van der Waals surface area contributed by atoms with Crippen molar-refractivity contribution in [2.45, 2.75) is 9.49 Å². The minimum absolute atomic E-state index is 0.643. The normalized spacial score (nSPS) is 11.7. The van der Waals surface area contributed by atoms with Crippen molar-refractivity contribution in [2.24, 2.45) is 0 Å². The summed E-state index contributed by atoms with van der Waals surface area (Å²) in [5, 5.41) is 0. The minimum Gasteiger partial charge on any atom is -0.265 e. The molecule has 0 amide bonds. The Hall–Kier alpha value is -4.16. The van der Waals surface area contributed by atoms with Crippen LogP contribution in [0.3, 0.4) is 0 Å². The van der Waals surface area contributed by atoms with E-state index in [0.29, 0.717) is 0 Å². The fraction of sp³-hybridized carbons (Fsp3) is 0.0556. The van der Waals surface area contributed by atoms with Crippen LogP contribution in [0.4, 0.5) is 0 Å². The van der Waals surface area contributed by atoms with Crippen LogP contribution in [-0.4, -0.2) is 9.97 Å². The first-order valence-corrected chi connectivity index (χ1v) is 14.9. The van der Waals surface area contributed by atoms with Gasteiger partial charge in [0, 0.05) is 48.9 Å². The molecular weight excluding hydrogens is 541 g/mol. The van der Waals surface area contributed by atoms with Gasteiger partial charge in [0.2, 0.25) is 0 Å². The van der Waals surface area contributed by atoms with E-state index in [1.54, 1.807) is 0 Å². The summed E-state index contributed by atoms with van der Waals surface area (Å²) >= 11 is 2.92. The Morgan fingerprint density at radius 3 is 0.854 bits per heavy atom. The highest BCUT2D eigenvalue weighted by molar-refractivity contribution is 8.09. The van der Waals surface area contributed by atoms with Gasteiger partial charge in [0.15, 0.2) is 0 Å². The third-order valence-corrected chi connectivity index (χ3v) is 9.67. The maximum absolute atomic E-state index is 6.88. The average Bonchev–Trinajstić information content (AvgIpc) is 3.08. The summed E-state index contributed by atoms with van der Waals surface area (Å²) in [7, 11) is 0. The molecule has 0 atom stereocenters. The molecule has 0 fully saturated rings. The van der Waals surface area contributed by atoms with Gasteiger partial charge in [0.1, 0.15) is 9.49 Å². The number of hydrogen-bond donors (Lipinski definition) is 0. The van der Waals surface area contributed by atoms with Crippen molar-refractivity contribution >= 4 is 24.1 Å². The zero-order valence-corrected chi connectivity index (χ0v) is 23.9. The number of pyridine rings is 2. The summed E-state index contributed by atoms with van der Waals surface area (Å²) < 4.78 is 5.60. The third-order valence-electron chi connectivity index (χ3n) is 7.21. The zero-order chi connectivity index (χ0) is 27.8. The molecule has 0 aliphatic carbocycles. The quantitative estimate of drug-likeness (QED) is 0.154. The molecule has 0 saturated carbocycles. The van der Waals surface area contributed by atoms with Crippen LogP contribution in [0.15, 0.2) is 170 Å². The molecule has 6 aromatic rings. The first-order chi connectivity index (χ1) is 20.3. The number of aromatic nitrogens is 2. The molecule has 0 radical (unpaired) electrons. The Balaban J connectivity index is 1.50. The van der Waals surface area contributed by atoms with Crippen molar-refractivity contribution in [3.05, 3.63) is 204 Å². The molecule has 2 aromatic heterocycles. The molecule has 2 heterocycles. The van der Waals surface area contributed by atoms with E-state index >= 15 is 0 Å². The smallest absolute Gasteiger partial charge is 0.118 e. The largest absolute Gasteiger partial charge is 0.265 e. The highest BCUT2D eigenvalue weighted by Gasteiger charge is 2.43. The van der Waals surface area contributed by atoms with E-state index in [-0.39, 0.29) is 0 Å². The first kappa shape index (κ1) is 27.0. The molecule has 0 aliphatic rings. The molecule has 0 bridgehead atoms. The lowest BCUT2D eigenvalue weighted by molar-refractivity contribution is 0.692. The fourth-order valence-corrected chi connectivity index (χ4v) is 7.62. The van der Waals surface area contributed by atoms with Gasteiger partial charge in [-0.15, -0.1) is 0 Å². The van der Waals surface area contributed by atoms with Gasteiger partial charge in [-0.2, -0.15) is 0 Å². The molecule has 41 heavy (non-hydrogen) atoms. The van der Waals surface area contributed by atoms with E-state index in [1.807, 2.05) is 49.1 Å². The molecule has 0 spiro atoms. The van der Waals surface area contributed by atoms with Gasteiger partial charge in [-0.1, -0.05) is 121 Å². The summed E-state index contributed by atoms with van der Waals surface area (Å²) in [4.78, 5) is 8.65. The van der Waals surface area contributed by atoms with Gasteiger partial charge in [-0.05, 0) is 57.6 Å². The van der Waals surface area contributed by atoms with Gasteiger partial charge in [0.05, 0.1) is 0 Å². The Morgan fingerprint density at radius 1 is 0.341 bits per heavy atom.